The number of carbonyl (C=O) groups excluding carboxylic acids is 1. The van der Waals surface area contributed by atoms with E-state index in [-0.39, 0.29) is 29.5 Å². The molecule has 1 amide bonds. The Bertz CT molecular complexity index is 1580. The molecule has 0 saturated carbocycles. The molecule has 1 fully saturated rings. The van der Waals surface area contributed by atoms with E-state index < -0.39 is 9.84 Å². The first kappa shape index (κ1) is 24.3. The third-order valence-electron chi connectivity index (χ3n) is 5.89. The molecule has 1 aliphatic rings. The molecular formula is C24H22ClN5O4S2. The SMILES string of the molecule is O=C(NCc1cn(-c2ccc(-n3ccccc3=O)cc2N2CCS(=O)(=O)CC2)cn1)c1ccc(Cl)s1. The van der Waals surface area contributed by atoms with Crippen LogP contribution in [-0.4, -0.2) is 53.0 Å². The molecule has 4 aromatic rings. The van der Waals surface area contributed by atoms with Crippen LogP contribution in [0.5, 0.6) is 0 Å². The van der Waals surface area contributed by atoms with Crippen LogP contribution in [0, 0.1) is 0 Å². The number of halogens is 1. The summed E-state index contributed by atoms with van der Waals surface area (Å²) in [6.45, 7) is 0.934. The molecule has 0 unspecified atom stereocenters. The molecule has 0 bridgehead atoms. The Balaban J connectivity index is 1.44. The smallest absolute Gasteiger partial charge is 0.261 e. The maximum Gasteiger partial charge on any atom is 0.261 e. The predicted molar refractivity (Wildman–Crippen MR) is 141 cm³/mol. The minimum absolute atomic E-state index is 0.0654. The second-order valence-electron chi connectivity index (χ2n) is 8.28. The van der Waals surface area contributed by atoms with Crippen molar-refractivity contribution in [2.24, 2.45) is 0 Å². The number of hydrogen-bond acceptors (Lipinski definition) is 7. The van der Waals surface area contributed by atoms with Gasteiger partial charge in [0.05, 0.1) is 56.3 Å². The van der Waals surface area contributed by atoms with E-state index in [9.17, 15) is 18.0 Å². The normalized spacial score (nSPS) is 15.1. The number of rotatable bonds is 6. The summed E-state index contributed by atoms with van der Waals surface area (Å²) in [4.78, 5) is 31.7. The quantitative estimate of drug-likeness (QED) is 0.401. The Morgan fingerprint density at radius 1 is 1.08 bits per heavy atom. The zero-order chi connectivity index (χ0) is 25.3. The van der Waals surface area contributed by atoms with Crippen LogP contribution in [0.2, 0.25) is 4.34 Å². The first-order valence-corrected chi connectivity index (χ1v) is 14.1. The van der Waals surface area contributed by atoms with Gasteiger partial charge in [-0.1, -0.05) is 17.7 Å². The molecule has 0 spiro atoms. The van der Waals surface area contributed by atoms with Crippen molar-refractivity contribution in [3.05, 3.63) is 92.5 Å². The largest absolute Gasteiger partial charge is 0.368 e. The van der Waals surface area contributed by atoms with Gasteiger partial charge in [0.15, 0.2) is 9.84 Å². The molecule has 3 aromatic heterocycles. The third kappa shape index (κ3) is 5.23. The lowest BCUT2D eigenvalue weighted by Gasteiger charge is -2.31. The number of thiophene rings is 1. The number of anilines is 1. The number of pyridine rings is 1. The molecular weight excluding hydrogens is 522 g/mol. The highest BCUT2D eigenvalue weighted by atomic mass is 35.5. The molecule has 9 nitrogen and oxygen atoms in total. The van der Waals surface area contributed by atoms with Crippen LogP contribution in [0.25, 0.3) is 11.4 Å². The molecule has 0 radical (unpaired) electrons. The summed E-state index contributed by atoms with van der Waals surface area (Å²) in [5.41, 5.74) is 2.75. The Hall–Kier alpha value is -3.41. The molecule has 186 valence electrons. The number of nitrogens with zero attached hydrogens (tertiary/aromatic N) is 4. The lowest BCUT2D eigenvalue weighted by molar-refractivity contribution is 0.0954. The number of carbonyl (C=O) groups is 1. The van der Waals surface area contributed by atoms with E-state index in [4.69, 9.17) is 11.6 Å². The van der Waals surface area contributed by atoms with E-state index in [1.165, 1.54) is 17.4 Å². The molecule has 0 aliphatic carbocycles. The van der Waals surface area contributed by atoms with Crippen molar-refractivity contribution in [2.75, 3.05) is 29.5 Å². The molecule has 1 N–H and O–H groups in total. The molecule has 5 rings (SSSR count). The van der Waals surface area contributed by atoms with Gasteiger partial charge in [0.2, 0.25) is 0 Å². The standard InChI is InChI=1S/C24H22ClN5O4S2/c25-22-7-6-21(35-22)24(32)26-14-17-15-29(16-27-17)19-5-4-18(30-8-2-1-3-23(30)31)13-20(19)28-9-11-36(33,34)12-10-28/h1-8,13,15-16H,9-12,14H2,(H,26,32). The van der Waals surface area contributed by atoms with Crippen molar-refractivity contribution >= 4 is 44.4 Å². The van der Waals surface area contributed by atoms with Crippen LogP contribution in [0.3, 0.4) is 0 Å². The second kappa shape index (κ2) is 9.92. The van der Waals surface area contributed by atoms with Crippen LogP contribution in [0.15, 0.2) is 72.0 Å². The van der Waals surface area contributed by atoms with Gasteiger partial charge >= 0.3 is 0 Å². The van der Waals surface area contributed by atoms with Crippen LogP contribution in [0.4, 0.5) is 5.69 Å². The van der Waals surface area contributed by atoms with Crippen molar-refractivity contribution in [2.45, 2.75) is 6.54 Å². The molecule has 12 heteroatoms. The monoisotopic (exact) mass is 543 g/mol. The molecule has 4 heterocycles. The van der Waals surface area contributed by atoms with E-state index in [0.717, 1.165) is 11.4 Å². The summed E-state index contributed by atoms with van der Waals surface area (Å²) >= 11 is 7.12. The van der Waals surface area contributed by atoms with Crippen LogP contribution in [-0.2, 0) is 16.4 Å². The summed E-state index contributed by atoms with van der Waals surface area (Å²) < 4.78 is 28.0. The Labute approximate surface area is 216 Å². The average molecular weight is 544 g/mol. The number of imidazole rings is 1. The lowest BCUT2D eigenvalue weighted by Crippen LogP contribution is -2.40. The van der Waals surface area contributed by atoms with Gasteiger partial charge in [-0.05, 0) is 36.4 Å². The molecule has 36 heavy (non-hydrogen) atoms. The molecule has 0 atom stereocenters. The lowest BCUT2D eigenvalue weighted by atomic mass is 10.2. The van der Waals surface area contributed by atoms with E-state index in [2.05, 4.69) is 10.3 Å². The zero-order valence-corrected chi connectivity index (χ0v) is 21.4. The minimum atomic E-state index is -3.07. The van der Waals surface area contributed by atoms with Crippen molar-refractivity contribution in [1.82, 2.24) is 19.4 Å². The topological polar surface area (TPSA) is 106 Å². The molecule has 1 aliphatic heterocycles. The van der Waals surface area contributed by atoms with Gasteiger partial charge in [-0.25, -0.2) is 13.4 Å². The van der Waals surface area contributed by atoms with Gasteiger partial charge in [0.25, 0.3) is 11.5 Å². The Morgan fingerprint density at radius 2 is 1.89 bits per heavy atom. The molecule has 1 saturated heterocycles. The highest BCUT2D eigenvalue weighted by Gasteiger charge is 2.24. The third-order valence-corrected chi connectivity index (χ3v) is 8.73. The first-order chi connectivity index (χ1) is 17.3. The van der Waals surface area contributed by atoms with Crippen molar-refractivity contribution < 1.29 is 13.2 Å². The summed E-state index contributed by atoms with van der Waals surface area (Å²) in [7, 11) is -3.07. The van der Waals surface area contributed by atoms with Crippen LogP contribution >= 0.6 is 22.9 Å². The highest BCUT2D eigenvalue weighted by Crippen LogP contribution is 2.29. The predicted octanol–water partition coefficient (Wildman–Crippen LogP) is 2.90. The Kier molecular flexibility index (Phi) is 6.69. The average Bonchev–Trinajstić information content (AvgIpc) is 3.52. The fourth-order valence-electron chi connectivity index (χ4n) is 4.01. The van der Waals surface area contributed by atoms with Gasteiger partial charge in [-0.3, -0.25) is 14.2 Å². The van der Waals surface area contributed by atoms with Crippen molar-refractivity contribution in [3.8, 4) is 11.4 Å². The summed E-state index contributed by atoms with van der Waals surface area (Å²) in [5.74, 6) is -0.0967. The van der Waals surface area contributed by atoms with Gasteiger partial charge in [0.1, 0.15) is 0 Å². The van der Waals surface area contributed by atoms with Gasteiger partial charge < -0.3 is 14.8 Å². The first-order valence-electron chi connectivity index (χ1n) is 11.1. The summed E-state index contributed by atoms with van der Waals surface area (Å²) in [5, 5.41) is 2.84. The number of sulfone groups is 1. The molecule has 1 aromatic carbocycles. The van der Waals surface area contributed by atoms with E-state index >= 15 is 0 Å². The maximum atomic E-state index is 12.4. The number of benzene rings is 1. The fourth-order valence-corrected chi connectivity index (χ4v) is 6.17. The Morgan fingerprint density at radius 3 is 2.61 bits per heavy atom. The number of nitrogens with one attached hydrogen (secondary N) is 1. The number of amides is 1. The number of hydrogen-bond donors (Lipinski definition) is 1. The van der Waals surface area contributed by atoms with Gasteiger partial charge in [-0.15, -0.1) is 11.3 Å². The highest BCUT2D eigenvalue weighted by molar-refractivity contribution is 7.91. The van der Waals surface area contributed by atoms with Gasteiger partial charge in [0, 0.05) is 31.5 Å². The second-order valence-corrected chi connectivity index (χ2v) is 12.3. The van der Waals surface area contributed by atoms with Gasteiger partial charge in [-0.2, -0.15) is 0 Å². The van der Waals surface area contributed by atoms with Crippen molar-refractivity contribution in [1.29, 1.82) is 0 Å². The van der Waals surface area contributed by atoms with Crippen molar-refractivity contribution in [3.63, 3.8) is 0 Å². The van der Waals surface area contributed by atoms with Crippen LogP contribution in [0.1, 0.15) is 15.4 Å². The summed E-state index contributed by atoms with van der Waals surface area (Å²) in [6.07, 6.45) is 5.16. The van der Waals surface area contributed by atoms with E-state index in [1.54, 1.807) is 41.4 Å². The fraction of sp³-hybridized carbons (Fsp3) is 0.208. The number of aromatic nitrogens is 3. The van der Waals surface area contributed by atoms with E-state index in [1.807, 2.05) is 33.9 Å². The zero-order valence-electron chi connectivity index (χ0n) is 19.0. The van der Waals surface area contributed by atoms with E-state index in [0.29, 0.717) is 33.7 Å². The maximum absolute atomic E-state index is 12.4. The summed E-state index contributed by atoms with van der Waals surface area (Å²) in [6, 6.07) is 13.9. The minimum Gasteiger partial charge on any atom is -0.368 e. The van der Waals surface area contributed by atoms with Crippen LogP contribution < -0.4 is 15.8 Å².